The van der Waals surface area contributed by atoms with Crippen molar-refractivity contribution in [2.24, 2.45) is 16.5 Å². The molecule has 0 fully saturated rings. The van der Waals surface area contributed by atoms with Crippen LogP contribution < -0.4 is 11.5 Å². The first-order chi connectivity index (χ1) is 8.40. The van der Waals surface area contributed by atoms with Gasteiger partial charge < -0.3 is 11.5 Å². The van der Waals surface area contributed by atoms with E-state index >= 15 is 0 Å². The Morgan fingerprint density at radius 2 is 2.22 bits per heavy atom. The minimum absolute atomic E-state index is 0.117. The molecule has 0 spiro atoms. The van der Waals surface area contributed by atoms with Crippen molar-refractivity contribution in [2.45, 2.75) is 5.75 Å². The predicted molar refractivity (Wildman–Crippen MR) is 67.9 cm³/mol. The quantitative estimate of drug-likeness (QED) is 0.328. The fourth-order valence-electron chi connectivity index (χ4n) is 1.09. The van der Waals surface area contributed by atoms with E-state index in [1.54, 1.807) is 0 Å². The zero-order chi connectivity index (χ0) is 13.7. The highest BCUT2D eigenvalue weighted by Crippen LogP contribution is 2.21. The molecule has 1 rings (SSSR count). The number of nitro benzene ring substituents is 1. The lowest BCUT2D eigenvalue weighted by molar-refractivity contribution is -0.387. The number of rotatable bonds is 3. The normalized spacial score (nSPS) is 9.83. The standard InChI is InChI=1S/C9H10FN5O2S/c10-6-3-5(1-2-7(6)15(16)17)4-18-9(13)14-8(11)12/h1-3H,4H2,(H5,11,12,13,14). The lowest BCUT2D eigenvalue weighted by Gasteiger charge is -2.01. The zero-order valence-corrected chi connectivity index (χ0v) is 9.91. The van der Waals surface area contributed by atoms with Crippen molar-refractivity contribution >= 4 is 28.6 Å². The molecule has 0 heterocycles. The molecule has 0 saturated carbocycles. The van der Waals surface area contributed by atoms with Gasteiger partial charge in [-0.05, 0) is 11.6 Å². The molecule has 0 saturated heterocycles. The molecule has 5 N–H and O–H groups in total. The number of amidine groups is 1. The first-order valence-corrected chi connectivity index (χ1v) is 5.62. The smallest absolute Gasteiger partial charge is 0.304 e. The summed E-state index contributed by atoms with van der Waals surface area (Å²) in [5.41, 5.74) is 10.1. The average Bonchev–Trinajstić information content (AvgIpc) is 2.25. The molecule has 0 atom stereocenters. The van der Waals surface area contributed by atoms with Crippen LogP contribution in [0.1, 0.15) is 5.56 Å². The molecule has 0 aromatic heterocycles. The largest absolute Gasteiger partial charge is 0.370 e. The SMILES string of the molecule is N=C(N=C(N)N)SCc1ccc([N+](=O)[O-])c(F)c1. The van der Waals surface area contributed by atoms with E-state index in [0.717, 1.165) is 23.9 Å². The molecular formula is C9H10FN5O2S. The van der Waals surface area contributed by atoms with Crippen LogP contribution in [0.25, 0.3) is 0 Å². The third-order valence-corrected chi connectivity index (χ3v) is 2.66. The second-order valence-corrected chi connectivity index (χ2v) is 4.14. The Balaban J connectivity index is 2.70. The van der Waals surface area contributed by atoms with Gasteiger partial charge >= 0.3 is 5.69 Å². The van der Waals surface area contributed by atoms with Crippen LogP contribution >= 0.6 is 11.8 Å². The van der Waals surface area contributed by atoms with E-state index in [-0.39, 0.29) is 16.9 Å². The van der Waals surface area contributed by atoms with Crippen molar-refractivity contribution in [2.75, 3.05) is 0 Å². The van der Waals surface area contributed by atoms with Crippen molar-refractivity contribution in [1.82, 2.24) is 0 Å². The highest BCUT2D eigenvalue weighted by Gasteiger charge is 2.13. The number of guanidine groups is 1. The second kappa shape index (κ2) is 5.96. The van der Waals surface area contributed by atoms with Crippen LogP contribution in [0.15, 0.2) is 23.2 Å². The maximum atomic E-state index is 13.3. The molecular weight excluding hydrogens is 261 g/mol. The number of benzene rings is 1. The average molecular weight is 271 g/mol. The van der Waals surface area contributed by atoms with Crippen LogP contribution in [0.4, 0.5) is 10.1 Å². The van der Waals surface area contributed by atoms with Crippen LogP contribution in [-0.2, 0) is 5.75 Å². The van der Waals surface area contributed by atoms with E-state index < -0.39 is 16.4 Å². The number of hydrogen-bond donors (Lipinski definition) is 3. The minimum Gasteiger partial charge on any atom is -0.370 e. The van der Waals surface area contributed by atoms with Crippen molar-refractivity contribution in [3.05, 3.63) is 39.7 Å². The number of aliphatic imine (C=N–C) groups is 1. The highest BCUT2D eigenvalue weighted by atomic mass is 32.2. The van der Waals surface area contributed by atoms with E-state index in [2.05, 4.69) is 4.99 Å². The zero-order valence-electron chi connectivity index (χ0n) is 9.09. The molecule has 96 valence electrons. The minimum atomic E-state index is -0.911. The summed E-state index contributed by atoms with van der Waals surface area (Å²) >= 11 is 0.980. The molecule has 1 aromatic carbocycles. The Labute approximate surface area is 106 Å². The van der Waals surface area contributed by atoms with Gasteiger partial charge in [-0.2, -0.15) is 9.38 Å². The fourth-order valence-corrected chi connectivity index (χ4v) is 1.74. The Morgan fingerprint density at radius 3 is 2.72 bits per heavy atom. The van der Waals surface area contributed by atoms with Gasteiger partial charge in [0.15, 0.2) is 11.1 Å². The number of nitrogens with two attached hydrogens (primary N) is 2. The van der Waals surface area contributed by atoms with Crippen molar-refractivity contribution in [1.29, 1.82) is 5.41 Å². The summed E-state index contributed by atoms with van der Waals surface area (Å²) < 4.78 is 13.3. The van der Waals surface area contributed by atoms with Gasteiger partial charge in [0.05, 0.1) is 4.92 Å². The molecule has 0 aliphatic rings. The van der Waals surface area contributed by atoms with Crippen LogP contribution in [0, 0.1) is 21.3 Å². The van der Waals surface area contributed by atoms with Gasteiger partial charge in [-0.1, -0.05) is 17.8 Å². The second-order valence-electron chi connectivity index (χ2n) is 3.17. The first kappa shape index (κ1) is 13.9. The Kier molecular flexibility index (Phi) is 4.60. The molecule has 1 aromatic rings. The topological polar surface area (TPSA) is 131 Å². The van der Waals surface area contributed by atoms with Gasteiger partial charge in [-0.15, -0.1) is 0 Å². The summed E-state index contributed by atoms with van der Waals surface area (Å²) in [6.45, 7) is 0. The monoisotopic (exact) mass is 271 g/mol. The Morgan fingerprint density at radius 1 is 1.56 bits per heavy atom. The van der Waals surface area contributed by atoms with Crippen LogP contribution in [-0.4, -0.2) is 16.1 Å². The summed E-state index contributed by atoms with van der Waals surface area (Å²) in [5, 5.41) is 17.6. The van der Waals surface area contributed by atoms with E-state index in [1.807, 2.05) is 0 Å². The van der Waals surface area contributed by atoms with Gasteiger partial charge in [-0.25, -0.2) is 0 Å². The van der Waals surface area contributed by atoms with Crippen molar-refractivity contribution < 1.29 is 9.31 Å². The lowest BCUT2D eigenvalue weighted by atomic mass is 10.2. The van der Waals surface area contributed by atoms with Gasteiger partial charge in [0.25, 0.3) is 0 Å². The van der Waals surface area contributed by atoms with E-state index in [0.29, 0.717) is 5.56 Å². The molecule has 9 heteroatoms. The maximum absolute atomic E-state index is 13.3. The lowest BCUT2D eigenvalue weighted by Crippen LogP contribution is -2.23. The summed E-state index contributed by atoms with van der Waals surface area (Å²) in [4.78, 5) is 13.1. The van der Waals surface area contributed by atoms with Crippen molar-refractivity contribution in [3.63, 3.8) is 0 Å². The number of halogens is 1. The van der Waals surface area contributed by atoms with Crippen LogP contribution in [0.2, 0.25) is 0 Å². The predicted octanol–water partition coefficient (Wildman–Crippen LogP) is 1.18. The third-order valence-electron chi connectivity index (χ3n) is 1.81. The summed E-state index contributed by atoms with van der Waals surface area (Å²) in [6, 6.07) is 3.54. The number of hydrogen-bond acceptors (Lipinski definition) is 4. The van der Waals surface area contributed by atoms with Gasteiger partial charge in [0.2, 0.25) is 5.82 Å². The summed E-state index contributed by atoms with van der Waals surface area (Å²) in [7, 11) is 0. The third kappa shape index (κ3) is 4.01. The van der Waals surface area contributed by atoms with Crippen molar-refractivity contribution in [3.8, 4) is 0 Å². The molecule has 0 aliphatic heterocycles. The number of thioether (sulfide) groups is 1. The van der Waals surface area contributed by atoms with E-state index in [9.17, 15) is 14.5 Å². The van der Waals surface area contributed by atoms with Crippen LogP contribution in [0.5, 0.6) is 0 Å². The molecule has 0 amide bonds. The highest BCUT2D eigenvalue weighted by molar-refractivity contribution is 8.13. The molecule has 0 radical (unpaired) electrons. The Hall–Kier alpha value is -2.16. The van der Waals surface area contributed by atoms with E-state index in [1.165, 1.54) is 6.07 Å². The maximum Gasteiger partial charge on any atom is 0.304 e. The number of nitrogens with one attached hydrogen (secondary N) is 1. The number of nitro groups is 1. The van der Waals surface area contributed by atoms with Crippen LogP contribution in [0.3, 0.4) is 0 Å². The summed E-state index contributed by atoms with van der Waals surface area (Å²) in [5.74, 6) is -0.904. The van der Waals surface area contributed by atoms with E-state index in [4.69, 9.17) is 16.9 Å². The van der Waals surface area contributed by atoms with Gasteiger partial charge in [-0.3, -0.25) is 15.5 Å². The Bertz CT molecular complexity index is 516. The number of nitrogens with zero attached hydrogens (tertiary/aromatic N) is 2. The fraction of sp³-hybridized carbons (Fsp3) is 0.111. The summed E-state index contributed by atoms with van der Waals surface area (Å²) in [6.07, 6.45) is 0. The molecule has 0 unspecified atom stereocenters. The first-order valence-electron chi connectivity index (χ1n) is 4.64. The molecule has 0 aliphatic carbocycles. The molecule has 0 bridgehead atoms. The van der Waals surface area contributed by atoms with Gasteiger partial charge in [0.1, 0.15) is 0 Å². The molecule has 7 nitrogen and oxygen atoms in total. The van der Waals surface area contributed by atoms with Gasteiger partial charge in [0, 0.05) is 11.8 Å². The molecule has 18 heavy (non-hydrogen) atoms.